The fraction of sp³-hybridized carbons (Fsp3) is 0.0714. The van der Waals surface area contributed by atoms with Gasteiger partial charge in [0.1, 0.15) is 23.4 Å². The molecule has 1 unspecified atom stereocenters. The molecule has 12 heteroatoms. The largest absolute Gasteiger partial charge is 0.416 e. The molecule has 0 bridgehead atoms. The Morgan fingerprint density at radius 3 is 2.45 bits per heavy atom. The predicted octanol–water partition coefficient (Wildman–Crippen LogP) is 6.66. The second kappa shape index (κ2) is 10.1. The summed E-state index contributed by atoms with van der Waals surface area (Å²) in [6.45, 7) is 0. The van der Waals surface area contributed by atoms with Crippen molar-refractivity contribution in [2.45, 2.75) is 12.2 Å². The van der Waals surface area contributed by atoms with Crippen LogP contribution in [0, 0.1) is 23.0 Å². The SMILES string of the molecule is N#Cc1ccc(-c2cc(NC(=O)c3cc(F)cc(C(F)(F)F)c3)c3c(c2)C(=O)NC3c2cc(F)ccc2Cl)cn1. The summed E-state index contributed by atoms with van der Waals surface area (Å²) in [6.07, 6.45) is -3.54. The number of aromatic nitrogens is 1. The van der Waals surface area contributed by atoms with Crippen LogP contribution in [0.25, 0.3) is 11.1 Å². The highest BCUT2D eigenvalue weighted by Crippen LogP contribution is 2.42. The highest BCUT2D eigenvalue weighted by Gasteiger charge is 2.36. The lowest BCUT2D eigenvalue weighted by Gasteiger charge is -2.19. The van der Waals surface area contributed by atoms with Crippen LogP contribution in [0.5, 0.6) is 0 Å². The third-order valence-corrected chi connectivity index (χ3v) is 6.55. The lowest BCUT2D eigenvalue weighted by Crippen LogP contribution is -2.21. The zero-order valence-corrected chi connectivity index (χ0v) is 20.7. The van der Waals surface area contributed by atoms with Crippen LogP contribution in [-0.4, -0.2) is 16.8 Å². The number of hydrogen-bond donors (Lipinski definition) is 2. The van der Waals surface area contributed by atoms with Gasteiger partial charge < -0.3 is 10.6 Å². The molecule has 1 aromatic heterocycles. The highest BCUT2D eigenvalue weighted by atomic mass is 35.5. The van der Waals surface area contributed by atoms with Gasteiger partial charge >= 0.3 is 6.18 Å². The van der Waals surface area contributed by atoms with Crippen molar-refractivity contribution >= 4 is 29.1 Å². The van der Waals surface area contributed by atoms with E-state index in [1.807, 2.05) is 6.07 Å². The second-order valence-electron chi connectivity index (χ2n) is 8.78. The lowest BCUT2D eigenvalue weighted by atomic mass is 9.93. The molecule has 2 N–H and O–H groups in total. The van der Waals surface area contributed by atoms with Crippen LogP contribution in [0.1, 0.15) is 49.1 Å². The molecule has 0 spiro atoms. The minimum absolute atomic E-state index is 0.0247. The van der Waals surface area contributed by atoms with E-state index < -0.39 is 46.8 Å². The number of halogens is 6. The Balaban J connectivity index is 1.66. The molecular formula is C28H14ClF5N4O2. The van der Waals surface area contributed by atoms with Crippen molar-refractivity contribution in [1.82, 2.24) is 10.3 Å². The van der Waals surface area contributed by atoms with E-state index in [0.29, 0.717) is 23.3 Å². The van der Waals surface area contributed by atoms with E-state index in [4.69, 9.17) is 16.9 Å². The number of carbonyl (C=O) groups excluding carboxylic acids is 2. The van der Waals surface area contributed by atoms with E-state index in [2.05, 4.69) is 15.6 Å². The number of amides is 2. The van der Waals surface area contributed by atoms with Gasteiger partial charge in [0, 0.05) is 44.7 Å². The van der Waals surface area contributed by atoms with Crippen LogP contribution in [0.15, 0.2) is 66.9 Å². The summed E-state index contributed by atoms with van der Waals surface area (Å²) in [5.41, 5.74) is -0.661. The number of carbonyl (C=O) groups is 2. The maximum atomic E-state index is 14.1. The molecule has 0 radical (unpaired) electrons. The smallest absolute Gasteiger partial charge is 0.341 e. The molecule has 1 atom stereocenters. The molecule has 0 saturated heterocycles. The lowest BCUT2D eigenvalue weighted by molar-refractivity contribution is -0.137. The van der Waals surface area contributed by atoms with Gasteiger partial charge in [-0.15, -0.1) is 0 Å². The Kier molecular flexibility index (Phi) is 6.73. The van der Waals surface area contributed by atoms with Gasteiger partial charge in [-0.2, -0.15) is 18.4 Å². The number of rotatable bonds is 4. The molecule has 0 fully saturated rings. The van der Waals surface area contributed by atoms with E-state index in [-0.39, 0.29) is 39.2 Å². The van der Waals surface area contributed by atoms with Gasteiger partial charge in [0.25, 0.3) is 11.8 Å². The van der Waals surface area contributed by atoms with Crippen LogP contribution in [0.2, 0.25) is 5.02 Å². The first-order valence-electron chi connectivity index (χ1n) is 11.4. The fourth-order valence-electron chi connectivity index (χ4n) is 4.38. The zero-order chi connectivity index (χ0) is 28.8. The molecule has 200 valence electrons. The number of benzene rings is 3. The number of nitrogens with one attached hydrogen (secondary N) is 2. The molecule has 2 amide bonds. The van der Waals surface area contributed by atoms with Gasteiger partial charge in [0.15, 0.2) is 0 Å². The van der Waals surface area contributed by atoms with Crippen molar-refractivity contribution in [3.05, 3.63) is 117 Å². The van der Waals surface area contributed by atoms with E-state index in [1.165, 1.54) is 30.5 Å². The second-order valence-corrected chi connectivity index (χ2v) is 9.19. The third-order valence-electron chi connectivity index (χ3n) is 6.20. The van der Waals surface area contributed by atoms with Crippen molar-refractivity contribution in [1.29, 1.82) is 5.26 Å². The Bertz CT molecular complexity index is 1730. The number of fused-ring (bicyclic) bond motifs is 1. The Morgan fingerprint density at radius 1 is 1.00 bits per heavy atom. The van der Waals surface area contributed by atoms with E-state index >= 15 is 0 Å². The third kappa shape index (κ3) is 5.09. The maximum Gasteiger partial charge on any atom is 0.416 e. The average molecular weight is 569 g/mol. The minimum atomic E-state index is -4.91. The van der Waals surface area contributed by atoms with Crippen LogP contribution in [-0.2, 0) is 6.18 Å². The fourth-order valence-corrected chi connectivity index (χ4v) is 4.61. The van der Waals surface area contributed by atoms with E-state index in [0.717, 1.165) is 12.1 Å². The topological polar surface area (TPSA) is 94.9 Å². The Hall–Kier alpha value is -4.82. The first-order chi connectivity index (χ1) is 18.9. The summed E-state index contributed by atoms with van der Waals surface area (Å²) < 4.78 is 67.9. The number of alkyl halides is 3. The predicted molar refractivity (Wildman–Crippen MR) is 134 cm³/mol. The standard InChI is InChI=1S/C28H14ClF5N4O2/c29-22-4-2-17(30)10-20(22)25-24-21(27(40)38-25)7-14(13-1-3-19(11-35)36-12-13)8-23(24)37-26(39)15-5-16(28(32,33)34)9-18(31)6-15/h1-10,12,25H,(H,37,39)(H,38,40). The monoisotopic (exact) mass is 568 g/mol. The van der Waals surface area contributed by atoms with Gasteiger partial charge in [-0.05, 0) is 66.2 Å². The molecule has 1 aliphatic rings. The van der Waals surface area contributed by atoms with Crippen molar-refractivity contribution < 1.29 is 31.5 Å². The van der Waals surface area contributed by atoms with Gasteiger partial charge in [-0.3, -0.25) is 9.59 Å². The molecule has 2 heterocycles. The number of nitriles is 1. The van der Waals surface area contributed by atoms with Crippen molar-refractivity contribution in [3.8, 4) is 17.2 Å². The molecule has 0 saturated carbocycles. The van der Waals surface area contributed by atoms with Crippen LogP contribution < -0.4 is 10.6 Å². The maximum absolute atomic E-state index is 14.1. The highest BCUT2D eigenvalue weighted by molar-refractivity contribution is 6.31. The Morgan fingerprint density at radius 2 is 1.77 bits per heavy atom. The number of anilines is 1. The zero-order valence-electron chi connectivity index (χ0n) is 19.9. The first kappa shape index (κ1) is 26.8. The quantitative estimate of drug-likeness (QED) is 0.269. The molecule has 3 aromatic carbocycles. The molecule has 4 aromatic rings. The normalized spacial score (nSPS) is 14.3. The van der Waals surface area contributed by atoms with E-state index in [1.54, 1.807) is 6.07 Å². The van der Waals surface area contributed by atoms with E-state index in [9.17, 15) is 31.5 Å². The molecule has 1 aliphatic heterocycles. The van der Waals surface area contributed by atoms with Gasteiger partial charge in [-0.25, -0.2) is 13.8 Å². The van der Waals surface area contributed by atoms with Crippen LogP contribution >= 0.6 is 11.6 Å². The summed E-state index contributed by atoms with van der Waals surface area (Å²) >= 11 is 6.29. The molecule has 5 rings (SSSR count). The number of nitrogens with zero attached hydrogens (tertiary/aromatic N) is 2. The van der Waals surface area contributed by atoms with Gasteiger partial charge in [0.2, 0.25) is 0 Å². The summed E-state index contributed by atoms with van der Waals surface area (Å²) in [5, 5.41) is 14.3. The first-order valence-corrected chi connectivity index (χ1v) is 11.8. The van der Waals surface area contributed by atoms with Crippen LogP contribution in [0.4, 0.5) is 27.6 Å². The summed E-state index contributed by atoms with van der Waals surface area (Å²) in [7, 11) is 0. The molecule has 0 aliphatic carbocycles. The molecular weight excluding hydrogens is 555 g/mol. The van der Waals surface area contributed by atoms with Crippen molar-refractivity contribution in [3.63, 3.8) is 0 Å². The minimum Gasteiger partial charge on any atom is -0.341 e. The average Bonchev–Trinajstić information content (AvgIpc) is 3.25. The van der Waals surface area contributed by atoms with Gasteiger partial charge in [-0.1, -0.05) is 11.6 Å². The van der Waals surface area contributed by atoms with Crippen LogP contribution in [0.3, 0.4) is 0 Å². The van der Waals surface area contributed by atoms with Crippen molar-refractivity contribution in [2.24, 2.45) is 0 Å². The molecule has 40 heavy (non-hydrogen) atoms. The summed E-state index contributed by atoms with van der Waals surface area (Å²) in [6, 6.07) is 11.7. The Labute approximate surface area is 228 Å². The summed E-state index contributed by atoms with van der Waals surface area (Å²) in [4.78, 5) is 30.2. The summed E-state index contributed by atoms with van der Waals surface area (Å²) in [5.74, 6) is -3.61. The van der Waals surface area contributed by atoms with Gasteiger partial charge in [0.05, 0.1) is 11.6 Å². The van der Waals surface area contributed by atoms with Crippen molar-refractivity contribution in [2.75, 3.05) is 5.32 Å². The molecule has 6 nitrogen and oxygen atoms in total. The number of hydrogen-bond acceptors (Lipinski definition) is 4. The number of pyridine rings is 1.